The van der Waals surface area contributed by atoms with Crippen molar-refractivity contribution < 1.29 is 23.9 Å². The molecule has 3 N–H and O–H groups in total. The Hall–Kier alpha value is -3.19. The van der Waals surface area contributed by atoms with Crippen molar-refractivity contribution in [3.63, 3.8) is 0 Å². The van der Waals surface area contributed by atoms with Crippen LogP contribution >= 0.6 is 0 Å². The van der Waals surface area contributed by atoms with Gasteiger partial charge in [-0.1, -0.05) is 48.5 Å². The number of rotatable bonds is 7. The number of esters is 1. The summed E-state index contributed by atoms with van der Waals surface area (Å²) in [5.41, 5.74) is 10.0. The lowest BCUT2D eigenvalue weighted by molar-refractivity contribution is -0.147. The normalized spacial score (nSPS) is 14.3. The fraction of sp³-hybridized carbons (Fsp3) is 0.318. The van der Waals surface area contributed by atoms with Gasteiger partial charge in [0, 0.05) is 5.92 Å². The first kappa shape index (κ1) is 20.5. The number of ketones is 1. The highest BCUT2D eigenvalue weighted by Gasteiger charge is 2.31. The first-order chi connectivity index (χ1) is 13.9. The molecule has 2 unspecified atom stereocenters. The standard InChI is InChI=1S/C22H24N2O5/c1-3-28-21(26)19(23)20(25)13(2)24-22(27)29-12-18-16-10-6-4-8-14(16)15-9-5-7-11-17(15)18/h4-11,13,18-19H,3,12,23H2,1-2H3,(H,24,27). The average Bonchev–Trinajstić information content (AvgIpc) is 3.05. The third-order valence-corrected chi connectivity index (χ3v) is 4.95. The first-order valence-electron chi connectivity index (χ1n) is 9.51. The molecule has 1 aliphatic carbocycles. The predicted octanol–water partition coefficient (Wildman–Crippen LogP) is 2.37. The van der Waals surface area contributed by atoms with Crippen molar-refractivity contribution in [3.05, 3.63) is 59.7 Å². The summed E-state index contributed by atoms with van der Waals surface area (Å²) in [6.45, 7) is 3.31. The Labute approximate surface area is 169 Å². The Morgan fingerprint density at radius 3 is 2.10 bits per heavy atom. The van der Waals surface area contributed by atoms with Crippen LogP contribution in [0.2, 0.25) is 0 Å². The second-order valence-corrected chi connectivity index (χ2v) is 6.82. The SMILES string of the molecule is CCOC(=O)C(N)C(=O)C(C)NC(=O)OCC1c2ccccc2-c2ccccc21. The van der Waals surface area contributed by atoms with E-state index in [0.29, 0.717) is 0 Å². The van der Waals surface area contributed by atoms with Crippen LogP contribution in [0.1, 0.15) is 30.9 Å². The maximum absolute atomic E-state index is 12.2. The van der Waals surface area contributed by atoms with Gasteiger partial charge in [-0.15, -0.1) is 0 Å². The summed E-state index contributed by atoms with van der Waals surface area (Å²) < 4.78 is 10.1. The van der Waals surface area contributed by atoms with Crippen molar-refractivity contribution in [3.8, 4) is 11.1 Å². The summed E-state index contributed by atoms with van der Waals surface area (Å²) in [7, 11) is 0. The molecule has 1 amide bonds. The molecule has 3 rings (SSSR count). The Morgan fingerprint density at radius 2 is 1.55 bits per heavy atom. The molecular formula is C22H24N2O5. The lowest BCUT2D eigenvalue weighted by atomic mass is 9.98. The molecule has 0 radical (unpaired) electrons. The minimum absolute atomic E-state index is 0.0825. The highest BCUT2D eigenvalue weighted by molar-refractivity contribution is 6.06. The third-order valence-electron chi connectivity index (χ3n) is 4.95. The molecule has 0 bridgehead atoms. The maximum Gasteiger partial charge on any atom is 0.407 e. The smallest absolute Gasteiger partial charge is 0.407 e. The topological polar surface area (TPSA) is 108 Å². The zero-order chi connectivity index (χ0) is 21.0. The second-order valence-electron chi connectivity index (χ2n) is 6.82. The molecular weight excluding hydrogens is 372 g/mol. The molecule has 2 aromatic rings. The highest BCUT2D eigenvalue weighted by atomic mass is 16.5. The summed E-state index contributed by atoms with van der Waals surface area (Å²) in [5.74, 6) is -1.54. The monoisotopic (exact) mass is 396 g/mol. The number of carbonyl (C=O) groups is 3. The van der Waals surface area contributed by atoms with Crippen molar-refractivity contribution in [1.29, 1.82) is 0 Å². The van der Waals surface area contributed by atoms with Crippen LogP contribution in [-0.4, -0.2) is 43.1 Å². The summed E-state index contributed by atoms with van der Waals surface area (Å²) in [6, 6.07) is 13.6. The van der Waals surface area contributed by atoms with E-state index in [1.165, 1.54) is 6.92 Å². The number of benzene rings is 2. The van der Waals surface area contributed by atoms with Gasteiger partial charge in [0.05, 0.1) is 12.6 Å². The van der Waals surface area contributed by atoms with Crippen LogP contribution in [0.25, 0.3) is 11.1 Å². The molecule has 152 valence electrons. The minimum Gasteiger partial charge on any atom is -0.464 e. The van der Waals surface area contributed by atoms with Gasteiger partial charge in [0.2, 0.25) is 0 Å². The van der Waals surface area contributed by atoms with Gasteiger partial charge < -0.3 is 20.5 Å². The van der Waals surface area contributed by atoms with Gasteiger partial charge in [0.1, 0.15) is 6.61 Å². The molecule has 0 saturated carbocycles. The molecule has 7 heteroatoms. The molecule has 0 aliphatic heterocycles. The Balaban J connectivity index is 1.61. The number of Topliss-reactive ketones (excluding diaryl/α,β-unsaturated/α-hetero) is 1. The number of hydrogen-bond acceptors (Lipinski definition) is 6. The number of nitrogens with one attached hydrogen (secondary N) is 1. The zero-order valence-electron chi connectivity index (χ0n) is 16.4. The molecule has 0 heterocycles. The van der Waals surface area contributed by atoms with Gasteiger partial charge in [-0.05, 0) is 36.1 Å². The fourth-order valence-electron chi connectivity index (χ4n) is 3.51. The summed E-state index contributed by atoms with van der Waals surface area (Å²) in [5, 5.41) is 2.43. The molecule has 2 aromatic carbocycles. The number of alkyl carbamates (subject to hydrolysis) is 1. The lowest BCUT2D eigenvalue weighted by Gasteiger charge is -2.18. The predicted molar refractivity (Wildman–Crippen MR) is 107 cm³/mol. The zero-order valence-corrected chi connectivity index (χ0v) is 16.4. The number of hydrogen-bond donors (Lipinski definition) is 2. The average molecular weight is 396 g/mol. The van der Waals surface area contributed by atoms with Crippen LogP contribution in [0.5, 0.6) is 0 Å². The van der Waals surface area contributed by atoms with Gasteiger partial charge in [-0.3, -0.25) is 4.79 Å². The quantitative estimate of drug-likeness (QED) is 0.550. The van der Waals surface area contributed by atoms with E-state index in [1.54, 1.807) is 6.92 Å². The van der Waals surface area contributed by atoms with E-state index in [-0.39, 0.29) is 19.1 Å². The molecule has 29 heavy (non-hydrogen) atoms. The van der Waals surface area contributed by atoms with Crippen molar-refractivity contribution >= 4 is 17.8 Å². The number of carbonyl (C=O) groups excluding carboxylic acids is 3. The number of amides is 1. The highest BCUT2D eigenvalue weighted by Crippen LogP contribution is 2.44. The van der Waals surface area contributed by atoms with Crippen molar-refractivity contribution in [2.75, 3.05) is 13.2 Å². The van der Waals surface area contributed by atoms with E-state index in [4.69, 9.17) is 15.2 Å². The van der Waals surface area contributed by atoms with Gasteiger partial charge >= 0.3 is 12.1 Å². The molecule has 1 aliphatic rings. The number of nitrogens with two attached hydrogens (primary N) is 1. The van der Waals surface area contributed by atoms with Gasteiger partial charge in [0.15, 0.2) is 11.8 Å². The van der Waals surface area contributed by atoms with Gasteiger partial charge in [-0.25, -0.2) is 9.59 Å². The van der Waals surface area contributed by atoms with Crippen molar-refractivity contribution in [2.24, 2.45) is 5.73 Å². The summed E-state index contributed by atoms with van der Waals surface area (Å²) in [4.78, 5) is 36.0. The molecule has 0 aromatic heterocycles. The van der Waals surface area contributed by atoms with Crippen molar-refractivity contribution in [2.45, 2.75) is 31.8 Å². The van der Waals surface area contributed by atoms with E-state index in [0.717, 1.165) is 22.3 Å². The molecule has 2 atom stereocenters. The summed E-state index contributed by atoms with van der Waals surface area (Å²) >= 11 is 0. The van der Waals surface area contributed by atoms with Gasteiger partial charge in [0.25, 0.3) is 0 Å². The lowest BCUT2D eigenvalue weighted by Crippen LogP contribution is -2.50. The maximum atomic E-state index is 12.2. The van der Waals surface area contributed by atoms with E-state index < -0.39 is 29.9 Å². The van der Waals surface area contributed by atoms with E-state index in [2.05, 4.69) is 5.32 Å². The first-order valence-corrected chi connectivity index (χ1v) is 9.51. The van der Waals surface area contributed by atoms with Crippen LogP contribution in [-0.2, 0) is 19.1 Å². The van der Waals surface area contributed by atoms with Gasteiger partial charge in [-0.2, -0.15) is 0 Å². The molecule has 0 spiro atoms. The van der Waals surface area contributed by atoms with Crippen molar-refractivity contribution in [1.82, 2.24) is 5.32 Å². The molecule has 7 nitrogen and oxygen atoms in total. The Kier molecular flexibility index (Phi) is 6.29. The molecule has 0 fully saturated rings. The van der Waals surface area contributed by atoms with E-state index >= 15 is 0 Å². The largest absolute Gasteiger partial charge is 0.464 e. The van der Waals surface area contributed by atoms with Crippen LogP contribution in [0.15, 0.2) is 48.5 Å². The Bertz CT molecular complexity index is 881. The Morgan fingerprint density at radius 1 is 1.00 bits per heavy atom. The van der Waals surface area contributed by atoms with E-state index in [1.807, 2.05) is 48.5 Å². The number of fused-ring (bicyclic) bond motifs is 3. The minimum atomic E-state index is -1.45. The van der Waals surface area contributed by atoms with Crippen LogP contribution in [0, 0.1) is 0 Å². The number of ether oxygens (including phenoxy) is 2. The molecule has 0 saturated heterocycles. The summed E-state index contributed by atoms with van der Waals surface area (Å²) in [6.07, 6.45) is -0.747. The second kappa shape index (κ2) is 8.87. The third kappa shape index (κ3) is 4.30. The van der Waals surface area contributed by atoms with Crippen LogP contribution in [0.3, 0.4) is 0 Å². The van der Waals surface area contributed by atoms with E-state index in [9.17, 15) is 14.4 Å². The fourth-order valence-corrected chi connectivity index (χ4v) is 3.51. The van der Waals surface area contributed by atoms with Crippen LogP contribution in [0.4, 0.5) is 4.79 Å². The van der Waals surface area contributed by atoms with Crippen LogP contribution < -0.4 is 11.1 Å².